The van der Waals surface area contributed by atoms with E-state index in [1.807, 2.05) is 0 Å². The molecule has 3 N–H and O–H groups in total. The number of sulfonamides is 1. The SMILES string of the molecule is Cc1cc(CNS(=O)(=O)c2cnc(N)c(Cl)c2)no1. The first-order valence-corrected chi connectivity index (χ1v) is 7.07. The van der Waals surface area contributed by atoms with Crippen molar-refractivity contribution >= 4 is 27.4 Å². The topological polar surface area (TPSA) is 111 Å². The zero-order valence-electron chi connectivity index (χ0n) is 9.92. The number of aromatic nitrogens is 2. The number of nitrogens with zero attached hydrogens (tertiary/aromatic N) is 2. The molecule has 2 aromatic heterocycles. The molecule has 7 nitrogen and oxygen atoms in total. The third-order valence-electron chi connectivity index (χ3n) is 2.27. The molecule has 0 aliphatic heterocycles. The van der Waals surface area contributed by atoms with Crippen molar-refractivity contribution in [2.45, 2.75) is 18.4 Å². The Kier molecular flexibility index (Phi) is 3.74. The number of nitrogens with one attached hydrogen (secondary N) is 1. The molecule has 0 atom stereocenters. The fourth-order valence-electron chi connectivity index (χ4n) is 1.33. The van der Waals surface area contributed by atoms with Crippen LogP contribution in [0.1, 0.15) is 11.5 Å². The minimum absolute atomic E-state index is 0.0155. The molecule has 0 aromatic carbocycles. The van der Waals surface area contributed by atoms with Crippen LogP contribution in [0.2, 0.25) is 5.02 Å². The lowest BCUT2D eigenvalue weighted by atomic mass is 10.4. The lowest BCUT2D eigenvalue weighted by Crippen LogP contribution is -2.23. The molecular formula is C10H11ClN4O3S. The van der Waals surface area contributed by atoms with Gasteiger partial charge in [-0.25, -0.2) is 18.1 Å². The van der Waals surface area contributed by atoms with Gasteiger partial charge in [0.2, 0.25) is 10.0 Å². The second kappa shape index (κ2) is 5.16. The van der Waals surface area contributed by atoms with Crippen LogP contribution in [-0.4, -0.2) is 18.6 Å². The van der Waals surface area contributed by atoms with E-state index < -0.39 is 10.0 Å². The van der Waals surface area contributed by atoms with E-state index >= 15 is 0 Å². The van der Waals surface area contributed by atoms with Gasteiger partial charge in [-0.15, -0.1) is 0 Å². The average molecular weight is 303 g/mol. The van der Waals surface area contributed by atoms with Crippen LogP contribution in [0.4, 0.5) is 5.82 Å². The molecule has 0 aliphatic carbocycles. The molecule has 102 valence electrons. The number of hydrogen-bond acceptors (Lipinski definition) is 6. The van der Waals surface area contributed by atoms with Gasteiger partial charge in [-0.05, 0) is 13.0 Å². The van der Waals surface area contributed by atoms with Crippen LogP contribution in [0.5, 0.6) is 0 Å². The van der Waals surface area contributed by atoms with Crippen molar-refractivity contribution in [2.24, 2.45) is 0 Å². The van der Waals surface area contributed by atoms with Gasteiger partial charge in [-0.3, -0.25) is 0 Å². The Morgan fingerprint density at radius 3 is 2.79 bits per heavy atom. The highest BCUT2D eigenvalue weighted by atomic mass is 35.5. The fourth-order valence-corrected chi connectivity index (χ4v) is 2.53. The summed E-state index contributed by atoms with van der Waals surface area (Å²) in [4.78, 5) is 3.63. The molecule has 0 aliphatic rings. The summed E-state index contributed by atoms with van der Waals surface area (Å²) < 4.78 is 31.1. The lowest BCUT2D eigenvalue weighted by Gasteiger charge is -2.05. The Morgan fingerprint density at radius 1 is 1.47 bits per heavy atom. The third kappa shape index (κ3) is 3.22. The maximum Gasteiger partial charge on any atom is 0.242 e. The second-order valence-corrected chi connectivity index (χ2v) is 5.97. The van der Waals surface area contributed by atoms with Crippen molar-refractivity contribution in [3.63, 3.8) is 0 Å². The summed E-state index contributed by atoms with van der Waals surface area (Å²) in [5.74, 6) is 0.680. The number of anilines is 1. The normalized spacial score (nSPS) is 11.7. The number of aryl methyl sites for hydroxylation is 1. The van der Waals surface area contributed by atoms with E-state index in [2.05, 4.69) is 14.9 Å². The molecular weight excluding hydrogens is 292 g/mol. The molecule has 2 aromatic rings. The monoisotopic (exact) mass is 302 g/mol. The Balaban J connectivity index is 2.16. The van der Waals surface area contributed by atoms with Crippen LogP contribution in [-0.2, 0) is 16.6 Å². The maximum absolute atomic E-state index is 12.0. The van der Waals surface area contributed by atoms with E-state index in [0.29, 0.717) is 11.5 Å². The molecule has 19 heavy (non-hydrogen) atoms. The summed E-state index contributed by atoms with van der Waals surface area (Å²) in [5.41, 5.74) is 5.90. The van der Waals surface area contributed by atoms with Gasteiger partial charge in [-0.2, -0.15) is 0 Å². The van der Waals surface area contributed by atoms with Crippen molar-refractivity contribution in [3.8, 4) is 0 Å². The highest BCUT2D eigenvalue weighted by molar-refractivity contribution is 7.89. The first-order valence-electron chi connectivity index (χ1n) is 5.21. The summed E-state index contributed by atoms with van der Waals surface area (Å²) in [6.45, 7) is 1.73. The summed E-state index contributed by atoms with van der Waals surface area (Å²) in [6.07, 6.45) is 1.14. The Labute approximate surface area is 114 Å². The van der Waals surface area contributed by atoms with Gasteiger partial charge >= 0.3 is 0 Å². The summed E-state index contributed by atoms with van der Waals surface area (Å²) >= 11 is 5.73. The van der Waals surface area contributed by atoms with Crippen LogP contribution in [0.25, 0.3) is 0 Å². The first-order chi connectivity index (χ1) is 8.88. The van der Waals surface area contributed by atoms with Crippen LogP contribution >= 0.6 is 11.6 Å². The summed E-state index contributed by atoms with van der Waals surface area (Å²) in [6, 6.07) is 2.87. The first kappa shape index (κ1) is 13.8. The largest absolute Gasteiger partial charge is 0.382 e. The van der Waals surface area contributed by atoms with Crippen LogP contribution in [0, 0.1) is 6.92 Å². The number of hydrogen-bond donors (Lipinski definition) is 2. The van der Waals surface area contributed by atoms with E-state index in [0.717, 1.165) is 6.20 Å². The molecule has 0 fully saturated rings. The molecule has 0 radical (unpaired) electrons. The zero-order chi connectivity index (χ0) is 14.0. The van der Waals surface area contributed by atoms with Crippen LogP contribution in [0.15, 0.2) is 27.7 Å². The minimum atomic E-state index is -3.72. The van der Waals surface area contributed by atoms with E-state index in [4.69, 9.17) is 21.9 Å². The van der Waals surface area contributed by atoms with Gasteiger partial charge < -0.3 is 10.3 Å². The number of rotatable bonds is 4. The van der Waals surface area contributed by atoms with Gasteiger partial charge in [0.15, 0.2) is 0 Å². The molecule has 0 unspecified atom stereocenters. The smallest absolute Gasteiger partial charge is 0.242 e. The number of nitrogens with two attached hydrogens (primary N) is 1. The second-order valence-electron chi connectivity index (χ2n) is 3.79. The Morgan fingerprint density at radius 2 is 2.21 bits per heavy atom. The molecule has 0 saturated carbocycles. The number of halogens is 1. The zero-order valence-corrected chi connectivity index (χ0v) is 11.5. The van der Waals surface area contributed by atoms with Gasteiger partial charge in [0.1, 0.15) is 16.5 Å². The van der Waals surface area contributed by atoms with E-state index in [-0.39, 0.29) is 22.3 Å². The van der Waals surface area contributed by atoms with Gasteiger partial charge in [0.25, 0.3) is 0 Å². The molecule has 9 heteroatoms. The molecule has 2 heterocycles. The standard InChI is InChI=1S/C10H11ClN4O3S/c1-6-2-7(15-18-6)4-14-19(16,17)8-3-9(11)10(12)13-5-8/h2-3,5,14H,4H2,1H3,(H2,12,13). The summed E-state index contributed by atoms with van der Waals surface area (Å²) in [7, 11) is -3.72. The highest BCUT2D eigenvalue weighted by Crippen LogP contribution is 2.19. The average Bonchev–Trinajstić information content (AvgIpc) is 2.76. The molecule has 0 bridgehead atoms. The van der Waals surface area contributed by atoms with Gasteiger partial charge in [0, 0.05) is 12.3 Å². The molecule has 0 spiro atoms. The van der Waals surface area contributed by atoms with Crippen molar-refractivity contribution in [2.75, 3.05) is 5.73 Å². The van der Waals surface area contributed by atoms with Crippen molar-refractivity contribution in [3.05, 3.63) is 34.8 Å². The Hall–Kier alpha value is -1.64. The van der Waals surface area contributed by atoms with Crippen molar-refractivity contribution in [1.29, 1.82) is 0 Å². The van der Waals surface area contributed by atoms with Crippen LogP contribution < -0.4 is 10.5 Å². The molecule has 0 amide bonds. The fraction of sp³-hybridized carbons (Fsp3) is 0.200. The van der Waals surface area contributed by atoms with Crippen molar-refractivity contribution in [1.82, 2.24) is 14.9 Å². The Bertz CT molecular complexity index is 699. The predicted octanol–water partition coefficient (Wildman–Crippen LogP) is 1.09. The summed E-state index contributed by atoms with van der Waals surface area (Å²) in [5, 5.41) is 3.76. The van der Waals surface area contributed by atoms with Gasteiger partial charge in [-0.1, -0.05) is 16.8 Å². The van der Waals surface area contributed by atoms with Crippen LogP contribution in [0.3, 0.4) is 0 Å². The van der Waals surface area contributed by atoms with E-state index in [9.17, 15) is 8.42 Å². The van der Waals surface area contributed by atoms with E-state index in [1.54, 1.807) is 13.0 Å². The number of pyridine rings is 1. The minimum Gasteiger partial charge on any atom is -0.382 e. The third-order valence-corrected chi connectivity index (χ3v) is 3.95. The van der Waals surface area contributed by atoms with Crippen molar-refractivity contribution < 1.29 is 12.9 Å². The van der Waals surface area contributed by atoms with Gasteiger partial charge in [0.05, 0.1) is 17.3 Å². The predicted molar refractivity (Wildman–Crippen MR) is 68.9 cm³/mol. The quantitative estimate of drug-likeness (QED) is 0.874. The van der Waals surface area contributed by atoms with E-state index in [1.165, 1.54) is 6.07 Å². The maximum atomic E-state index is 12.0. The number of nitrogen functional groups attached to an aromatic ring is 1. The highest BCUT2D eigenvalue weighted by Gasteiger charge is 2.16. The lowest BCUT2D eigenvalue weighted by molar-refractivity contribution is 0.390. The molecule has 2 rings (SSSR count). The molecule has 0 saturated heterocycles.